The van der Waals surface area contributed by atoms with Gasteiger partial charge in [-0.25, -0.2) is 4.98 Å². The normalized spacial score (nSPS) is 10.8. The molecule has 0 bridgehead atoms. The van der Waals surface area contributed by atoms with Gasteiger partial charge in [0, 0.05) is 16.5 Å². The maximum Gasteiger partial charge on any atom is 0.128 e. The summed E-state index contributed by atoms with van der Waals surface area (Å²) in [6.07, 6.45) is 0. The van der Waals surface area contributed by atoms with Crippen molar-refractivity contribution in [3.05, 3.63) is 28.6 Å². The molecule has 0 aliphatic rings. The van der Waals surface area contributed by atoms with Crippen molar-refractivity contribution in [2.24, 2.45) is 0 Å². The van der Waals surface area contributed by atoms with Gasteiger partial charge in [-0.2, -0.15) is 0 Å². The van der Waals surface area contributed by atoms with Crippen LogP contribution in [0.15, 0.2) is 23.0 Å². The molecule has 4 heteroatoms. The van der Waals surface area contributed by atoms with E-state index < -0.39 is 0 Å². The summed E-state index contributed by atoms with van der Waals surface area (Å²) in [7, 11) is 1.63. The van der Waals surface area contributed by atoms with Gasteiger partial charge in [0.15, 0.2) is 0 Å². The molecule has 1 N–H and O–H groups in total. The topological polar surface area (TPSA) is 42.4 Å². The van der Waals surface area contributed by atoms with Crippen molar-refractivity contribution in [3.8, 4) is 22.8 Å². The number of aromatic hydroxyl groups is 1. The molecule has 0 saturated heterocycles. The third kappa shape index (κ3) is 2.26. The van der Waals surface area contributed by atoms with Gasteiger partial charge in [-0.15, -0.1) is 11.3 Å². The van der Waals surface area contributed by atoms with E-state index in [2.05, 4.69) is 4.98 Å². The van der Waals surface area contributed by atoms with Crippen LogP contribution in [0, 0.1) is 0 Å². The van der Waals surface area contributed by atoms with Crippen LogP contribution < -0.4 is 4.74 Å². The van der Waals surface area contributed by atoms with Crippen molar-refractivity contribution in [2.45, 2.75) is 19.8 Å². The second kappa shape index (κ2) is 4.75. The molecule has 0 spiro atoms. The highest BCUT2D eigenvalue weighted by molar-refractivity contribution is 7.07. The minimum Gasteiger partial charge on any atom is -0.508 e. The lowest BCUT2D eigenvalue weighted by atomic mass is 9.98. The summed E-state index contributed by atoms with van der Waals surface area (Å²) < 4.78 is 5.37. The Morgan fingerprint density at radius 1 is 1.35 bits per heavy atom. The number of ether oxygens (including phenoxy) is 1. The van der Waals surface area contributed by atoms with Crippen LogP contribution in [-0.2, 0) is 0 Å². The number of thiazole rings is 1. The molecule has 3 nitrogen and oxygen atoms in total. The fourth-order valence-corrected chi connectivity index (χ4v) is 2.31. The molecule has 1 aromatic carbocycles. The van der Waals surface area contributed by atoms with Gasteiger partial charge >= 0.3 is 0 Å². The lowest BCUT2D eigenvalue weighted by Crippen LogP contribution is -1.94. The quantitative estimate of drug-likeness (QED) is 0.902. The number of hydrogen-bond acceptors (Lipinski definition) is 4. The van der Waals surface area contributed by atoms with Crippen molar-refractivity contribution >= 4 is 11.3 Å². The van der Waals surface area contributed by atoms with Gasteiger partial charge in [0.1, 0.15) is 11.5 Å². The monoisotopic (exact) mass is 249 g/mol. The molecule has 2 rings (SSSR count). The van der Waals surface area contributed by atoms with Crippen LogP contribution in [0.25, 0.3) is 11.3 Å². The Hall–Kier alpha value is -1.55. The molecule has 0 amide bonds. The highest BCUT2D eigenvalue weighted by atomic mass is 32.1. The average molecular weight is 249 g/mol. The van der Waals surface area contributed by atoms with Gasteiger partial charge in [0.05, 0.1) is 18.3 Å². The Labute approximate surface area is 105 Å². The Morgan fingerprint density at radius 3 is 2.65 bits per heavy atom. The Balaban J connectivity index is 2.58. The third-order valence-electron chi connectivity index (χ3n) is 2.68. The van der Waals surface area contributed by atoms with Crippen LogP contribution in [-0.4, -0.2) is 17.2 Å². The van der Waals surface area contributed by atoms with Crippen molar-refractivity contribution in [2.75, 3.05) is 7.11 Å². The second-order valence-electron chi connectivity index (χ2n) is 4.14. The zero-order valence-electron chi connectivity index (χ0n) is 10.1. The fourth-order valence-electron chi connectivity index (χ4n) is 1.76. The van der Waals surface area contributed by atoms with Crippen LogP contribution >= 0.6 is 11.3 Å². The largest absolute Gasteiger partial charge is 0.508 e. The van der Waals surface area contributed by atoms with Crippen molar-refractivity contribution in [1.82, 2.24) is 4.98 Å². The molecule has 90 valence electrons. The predicted octanol–water partition coefficient (Wildman–Crippen LogP) is 3.65. The van der Waals surface area contributed by atoms with E-state index in [1.807, 2.05) is 25.3 Å². The molecule has 1 heterocycles. The van der Waals surface area contributed by atoms with Gasteiger partial charge < -0.3 is 9.84 Å². The summed E-state index contributed by atoms with van der Waals surface area (Å²) in [6, 6.07) is 3.61. The molecule has 0 atom stereocenters. The zero-order chi connectivity index (χ0) is 12.4. The van der Waals surface area contributed by atoms with Gasteiger partial charge in [-0.3, -0.25) is 0 Å². The fraction of sp³-hybridized carbons (Fsp3) is 0.308. The van der Waals surface area contributed by atoms with Crippen molar-refractivity contribution < 1.29 is 9.84 Å². The van der Waals surface area contributed by atoms with Crippen molar-refractivity contribution in [3.63, 3.8) is 0 Å². The highest BCUT2D eigenvalue weighted by Crippen LogP contribution is 2.38. The van der Waals surface area contributed by atoms with E-state index in [-0.39, 0.29) is 5.92 Å². The second-order valence-corrected chi connectivity index (χ2v) is 4.86. The zero-order valence-corrected chi connectivity index (χ0v) is 10.9. The van der Waals surface area contributed by atoms with Crippen LogP contribution in [0.4, 0.5) is 0 Å². The Bertz CT molecular complexity index is 506. The molecule has 17 heavy (non-hydrogen) atoms. The lowest BCUT2D eigenvalue weighted by molar-refractivity contribution is 0.411. The van der Waals surface area contributed by atoms with Gasteiger partial charge in [0.25, 0.3) is 0 Å². The number of benzene rings is 1. The lowest BCUT2D eigenvalue weighted by Gasteiger charge is -2.13. The maximum absolute atomic E-state index is 10.0. The molecule has 0 aliphatic heterocycles. The van der Waals surface area contributed by atoms with Crippen LogP contribution in [0.1, 0.15) is 25.3 Å². The Kier molecular flexibility index (Phi) is 3.33. The first-order chi connectivity index (χ1) is 8.13. The Morgan fingerprint density at radius 2 is 2.12 bits per heavy atom. The number of methoxy groups -OCH3 is 1. The summed E-state index contributed by atoms with van der Waals surface area (Å²) in [5.74, 6) is 1.30. The molecule has 0 aliphatic carbocycles. The summed E-state index contributed by atoms with van der Waals surface area (Å²) in [5.41, 5.74) is 4.32. The minimum atomic E-state index is 0.258. The van der Waals surface area contributed by atoms with E-state index in [1.165, 1.54) is 11.3 Å². The number of nitrogens with zero attached hydrogens (tertiary/aromatic N) is 1. The molecule has 0 unspecified atom stereocenters. The standard InChI is InChI=1S/C13H15NO2S/c1-8(2)9-5-13(16-3)10(4-12(9)15)11-6-17-7-14-11/h4-8,15H,1-3H3. The van der Waals surface area contributed by atoms with E-state index in [4.69, 9.17) is 4.74 Å². The number of phenols is 1. The van der Waals surface area contributed by atoms with E-state index >= 15 is 0 Å². The number of hydrogen-bond donors (Lipinski definition) is 1. The molecule has 1 aromatic heterocycles. The molecule has 0 saturated carbocycles. The first-order valence-corrected chi connectivity index (χ1v) is 6.37. The summed E-state index contributed by atoms with van der Waals surface area (Å²) in [4.78, 5) is 4.24. The van der Waals surface area contributed by atoms with E-state index in [1.54, 1.807) is 18.7 Å². The third-order valence-corrected chi connectivity index (χ3v) is 3.27. The van der Waals surface area contributed by atoms with Gasteiger partial charge in [0.2, 0.25) is 0 Å². The molecule has 0 radical (unpaired) electrons. The van der Waals surface area contributed by atoms with E-state index in [9.17, 15) is 5.11 Å². The predicted molar refractivity (Wildman–Crippen MR) is 69.9 cm³/mol. The van der Waals surface area contributed by atoms with E-state index in [0.717, 1.165) is 22.6 Å². The first kappa shape index (κ1) is 11.9. The molecular weight excluding hydrogens is 234 g/mol. The first-order valence-electron chi connectivity index (χ1n) is 5.43. The number of phenolic OH excluding ortho intramolecular Hbond substituents is 1. The average Bonchev–Trinajstić information content (AvgIpc) is 2.81. The summed E-state index contributed by atoms with van der Waals surface area (Å²) >= 11 is 1.52. The van der Waals surface area contributed by atoms with Crippen molar-refractivity contribution in [1.29, 1.82) is 0 Å². The van der Waals surface area contributed by atoms with Crippen LogP contribution in [0.3, 0.4) is 0 Å². The smallest absolute Gasteiger partial charge is 0.128 e. The molecular formula is C13H15NO2S. The number of rotatable bonds is 3. The van der Waals surface area contributed by atoms with Crippen LogP contribution in [0.2, 0.25) is 0 Å². The maximum atomic E-state index is 10.0. The summed E-state index contributed by atoms with van der Waals surface area (Å²) in [5, 5.41) is 11.9. The van der Waals surface area contributed by atoms with E-state index in [0.29, 0.717) is 5.75 Å². The van der Waals surface area contributed by atoms with Gasteiger partial charge in [-0.05, 0) is 18.1 Å². The SMILES string of the molecule is COc1cc(C(C)C)c(O)cc1-c1cscn1. The van der Waals surface area contributed by atoms with Crippen LogP contribution in [0.5, 0.6) is 11.5 Å². The van der Waals surface area contributed by atoms with Gasteiger partial charge in [-0.1, -0.05) is 13.8 Å². The highest BCUT2D eigenvalue weighted by Gasteiger charge is 2.14. The summed E-state index contributed by atoms with van der Waals surface area (Å²) in [6.45, 7) is 4.08. The number of aromatic nitrogens is 1. The molecule has 0 fully saturated rings. The molecule has 2 aromatic rings. The minimum absolute atomic E-state index is 0.258.